The minimum atomic E-state index is -0.444. The lowest BCUT2D eigenvalue weighted by Gasteiger charge is -2.15. The maximum Gasteiger partial charge on any atom is 0.289 e. The third-order valence-corrected chi connectivity index (χ3v) is 2.62. The molecule has 4 nitrogen and oxygen atoms in total. The molecule has 0 unspecified atom stereocenters. The van der Waals surface area contributed by atoms with Gasteiger partial charge in [-0.25, -0.2) is 0 Å². The molecule has 0 N–H and O–H groups in total. The molecule has 0 bridgehead atoms. The van der Waals surface area contributed by atoms with Gasteiger partial charge in [0.05, 0.1) is 6.61 Å². The minimum absolute atomic E-state index is 0.427. The zero-order chi connectivity index (χ0) is 13.5. The van der Waals surface area contributed by atoms with Crippen molar-refractivity contribution in [2.45, 2.75) is 20.3 Å². The highest BCUT2D eigenvalue weighted by Gasteiger charge is 2.12. The molecule has 0 saturated carbocycles. The molecule has 0 heterocycles. The SMILES string of the molecule is CCOc1ccc(CCN(C)C(=O)C(C)=O)cc1. The summed E-state index contributed by atoms with van der Waals surface area (Å²) in [6, 6.07) is 7.76. The van der Waals surface area contributed by atoms with Gasteiger partial charge in [0.2, 0.25) is 5.78 Å². The highest BCUT2D eigenvalue weighted by Crippen LogP contribution is 2.12. The standard InChI is InChI=1S/C14H19NO3/c1-4-18-13-7-5-12(6-8-13)9-10-15(3)14(17)11(2)16/h5-8H,4,9-10H2,1-3H3. The number of Topliss-reactive ketones (excluding diaryl/α,β-unsaturated/α-hetero) is 1. The van der Waals surface area contributed by atoms with Gasteiger partial charge in [0.25, 0.3) is 5.91 Å². The predicted octanol–water partition coefficient (Wildman–Crippen LogP) is 1.68. The van der Waals surface area contributed by atoms with Gasteiger partial charge in [0.1, 0.15) is 5.75 Å². The minimum Gasteiger partial charge on any atom is -0.494 e. The first kappa shape index (κ1) is 14.2. The molecule has 1 amide bonds. The largest absolute Gasteiger partial charge is 0.494 e. The molecule has 1 aromatic rings. The first-order chi connectivity index (χ1) is 8.54. The molecule has 0 atom stereocenters. The number of amides is 1. The van der Waals surface area contributed by atoms with Crippen LogP contribution < -0.4 is 4.74 Å². The molecule has 0 aliphatic heterocycles. The van der Waals surface area contributed by atoms with E-state index in [1.54, 1.807) is 7.05 Å². The summed E-state index contributed by atoms with van der Waals surface area (Å²) in [7, 11) is 1.64. The Kier molecular flexibility index (Phi) is 5.36. The molecule has 1 aromatic carbocycles. The van der Waals surface area contributed by atoms with Crippen LogP contribution >= 0.6 is 0 Å². The summed E-state index contributed by atoms with van der Waals surface area (Å²) in [6.45, 7) is 4.41. The van der Waals surface area contributed by atoms with Gasteiger partial charge in [-0.05, 0) is 31.0 Å². The third kappa shape index (κ3) is 4.20. The van der Waals surface area contributed by atoms with Gasteiger partial charge in [-0.1, -0.05) is 12.1 Å². The molecule has 0 fully saturated rings. The lowest BCUT2D eigenvalue weighted by atomic mass is 10.1. The van der Waals surface area contributed by atoms with E-state index in [1.807, 2.05) is 31.2 Å². The van der Waals surface area contributed by atoms with E-state index in [0.717, 1.165) is 17.7 Å². The van der Waals surface area contributed by atoms with E-state index >= 15 is 0 Å². The average molecular weight is 249 g/mol. The summed E-state index contributed by atoms with van der Waals surface area (Å²) >= 11 is 0. The summed E-state index contributed by atoms with van der Waals surface area (Å²) in [5.41, 5.74) is 1.11. The Morgan fingerprint density at radius 2 is 1.83 bits per heavy atom. The van der Waals surface area contributed by atoms with Crippen molar-refractivity contribution in [3.05, 3.63) is 29.8 Å². The van der Waals surface area contributed by atoms with E-state index in [1.165, 1.54) is 11.8 Å². The van der Waals surface area contributed by atoms with Crippen molar-refractivity contribution >= 4 is 11.7 Å². The normalized spacial score (nSPS) is 9.94. The van der Waals surface area contributed by atoms with Gasteiger partial charge >= 0.3 is 0 Å². The van der Waals surface area contributed by atoms with Crippen LogP contribution in [-0.4, -0.2) is 36.8 Å². The molecule has 98 valence electrons. The fourth-order valence-electron chi connectivity index (χ4n) is 1.59. The topological polar surface area (TPSA) is 46.6 Å². The molecule has 0 aliphatic rings. The third-order valence-electron chi connectivity index (χ3n) is 2.62. The molecule has 18 heavy (non-hydrogen) atoms. The Morgan fingerprint density at radius 3 is 2.33 bits per heavy atom. The van der Waals surface area contributed by atoms with Gasteiger partial charge in [-0.2, -0.15) is 0 Å². The van der Waals surface area contributed by atoms with Crippen LogP contribution in [0.3, 0.4) is 0 Å². The van der Waals surface area contributed by atoms with Crippen LogP contribution in [0.25, 0.3) is 0 Å². The number of carbonyl (C=O) groups excluding carboxylic acids is 2. The maximum absolute atomic E-state index is 11.4. The van der Waals surface area contributed by atoms with Crippen molar-refractivity contribution in [2.24, 2.45) is 0 Å². The summed E-state index contributed by atoms with van der Waals surface area (Å²) in [5.74, 6) is -0.0282. The first-order valence-electron chi connectivity index (χ1n) is 6.02. The number of benzene rings is 1. The van der Waals surface area contributed by atoms with Crippen molar-refractivity contribution in [3.63, 3.8) is 0 Å². The quantitative estimate of drug-likeness (QED) is 0.721. The molecular formula is C14H19NO3. The molecule has 0 aromatic heterocycles. The van der Waals surface area contributed by atoms with E-state index in [0.29, 0.717) is 13.2 Å². The highest BCUT2D eigenvalue weighted by atomic mass is 16.5. The Bertz CT molecular complexity index is 412. The molecule has 0 radical (unpaired) electrons. The van der Waals surface area contributed by atoms with Crippen molar-refractivity contribution in [1.29, 1.82) is 0 Å². The van der Waals surface area contributed by atoms with E-state index in [4.69, 9.17) is 4.74 Å². The van der Waals surface area contributed by atoms with Crippen LogP contribution in [0.5, 0.6) is 5.75 Å². The Labute approximate surface area is 108 Å². The van der Waals surface area contributed by atoms with Crippen molar-refractivity contribution < 1.29 is 14.3 Å². The summed E-state index contributed by atoms with van der Waals surface area (Å²) in [4.78, 5) is 23.7. The monoisotopic (exact) mass is 249 g/mol. The van der Waals surface area contributed by atoms with Crippen molar-refractivity contribution in [2.75, 3.05) is 20.2 Å². The number of nitrogens with zero attached hydrogens (tertiary/aromatic N) is 1. The van der Waals surface area contributed by atoms with Crippen LogP contribution in [0.1, 0.15) is 19.4 Å². The predicted molar refractivity (Wildman–Crippen MR) is 69.6 cm³/mol. The summed E-state index contributed by atoms with van der Waals surface area (Å²) < 4.78 is 5.35. The van der Waals surface area contributed by atoms with Crippen LogP contribution in [0.2, 0.25) is 0 Å². The van der Waals surface area contributed by atoms with Gasteiger partial charge in [0.15, 0.2) is 0 Å². The summed E-state index contributed by atoms with van der Waals surface area (Å²) in [5, 5.41) is 0. The molecule has 4 heteroatoms. The lowest BCUT2D eigenvalue weighted by molar-refractivity contribution is -0.142. The lowest BCUT2D eigenvalue weighted by Crippen LogP contribution is -2.33. The zero-order valence-electron chi connectivity index (χ0n) is 11.1. The molecule has 1 rings (SSSR count). The second-order valence-corrected chi connectivity index (χ2v) is 4.11. The second kappa shape index (κ2) is 6.79. The maximum atomic E-state index is 11.4. The number of hydrogen-bond acceptors (Lipinski definition) is 3. The molecule has 0 saturated heterocycles. The number of rotatable bonds is 6. The average Bonchev–Trinajstić information content (AvgIpc) is 2.37. The van der Waals surface area contributed by atoms with E-state index in [2.05, 4.69) is 0 Å². The number of ether oxygens (including phenoxy) is 1. The van der Waals surface area contributed by atoms with Crippen molar-refractivity contribution in [1.82, 2.24) is 4.90 Å². The smallest absolute Gasteiger partial charge is 0.289 e. The van der Waals surface area contributed by atoms with Gasteiger partial charge in [0, 0.05) is 20.5 Å². The van der Waals surface area contributed by atoms with E-state index in [9.17, 15) is 9.59 Å². The fourth-order valence-corrected chi connectivity index (χ4v) is 1.59. The molecular weight excluding hydrogens is 230 g/mol. The zero-order valence-corrected chi connectivity index (χ0v) is 11.1. The van der Waals surface area contributed by atoms with Gasteiger partial charge in [-0.3, -0.25) is 9.59 Å². The van der Waals surface area contributed by atoms with Gasteiger partial charge < -0.3 is 9.64 Å². The Balaban J connectivity index is 2.48. The fraction of sp³-hybridized carbons (Fsp3) is 0.429. The van der Waals surface area contributed by atoms with Crippen LogP contribution in [0, 0.1) is 0 Å². The Hall–Kier alpha value is -1.84. The van der Waals surface area contributed by atoms with E-state index in [-0.39, 0.29) is 0 Å². The summed E-state index contributed by atoms with van der Waals surface area (Å²) in [6.07, 6.45) is 0.724. The van der Waals surface area contributed by atoms with Gasteiger partial charge in [-0.15, -0.1) is 0 Å². The van der Waals surface area contributed by atoms with Crippen LogP contribution in [0.15, 0.2) is 24.3 Å². The van der Waals surface area contributed by atoms with E-state index < -0.39 is 11.7 Å². The second-order valence-electron chi connectivity index (χ2n) is 4.11. The molecule has 0 spiro atoms. The number of likely N-dealkylation sites (N-methyl/N-ethyl adjacent to an activating group) is 1. The highest BCUT2D eigenvalue weighted by molar-refractivity contribution is 6.34. The number of hydrogen-bond donors (Lipinski definition) is 0. The molecule has 0 aliphatic carbocycles. The number of carbonyl (C=O) groups is 2. The Morgan fingerprint density at radius 1 is 1.22 bits per heavy atom. The number of ketones is 1. The first-order valence-corrected chi connectivity index (χ1v) is 6.02. The van der Waals surface area contributed by atoms with Crippen molar-refractivity contribution in [3.8, 4) is 5.75 Å². The van der Waals surface area contributed by atoms with Crippen LogP contribution in [0.4, 0.5) is 0 Å². The van der Waals surface area contributed by atoms with Crippen LogP contribution in [-0.2, 0) is 16.0 Å².